The van der Waals surface area contributed by atoms with Crippen molar-refractivity contribution >= 4 is 39.8 Å². The second-order valence-corrected chi connectivity index (χ2v) is 10.1. The van der Waals surface area contributed by atoms with Gasteiger partial charge in [0.25, 0.3) is 0 Å². The molecule has 5 heteroatoms. The smallest absolute Gasteiger partial charge is 0.175 e. The van der Waals surface area contributed by atoms with Gasteiger partial charge >= 0.3 is 0 Å². The maximum Gasteiger partial charge on any atom is 0.175 e. The maximum atomic E-state index is 11.6. The van der Waals surface area contributed by atoms with Crippen LogP contribution in [0.4, 0.5) is 5.69 Å². The molecule has 0 saturated heterocycles. The van der Waals surface area contributed by atoms with E-state index < -0.39 is 9.84 Å². The molecule has 0 spiro atoms. The summed E-state index contributed by atoms with van der Waals surface area (Å²) in [4.78, 5) is 2.61. The van der Waals surface area contributed by atoms with Crippen molar-refractivity contribution in [1.29, 1.82) is 0 Å². The summed E-state index contributed by atoms with van der Waals surface area (Å²) in [7, 11) is 0.627. The van der Waals surface area contributed by atoms with Gasteiger partial charge < -0.3 is 9.64 Å². The lowest BCUT2D eigenvalue weighted by molar-refractivity contribution is 0.414. The van der Waals surface area contributed by atoms with E-state index in [0.29, 0.717) is 4.90 Å². The zero-order chi connectivity index (χ0) is 22.7. The zero-order valence-electron chi connectivity index (χ0n) is 18.6. The summed E-state index contributed by atoms with van der Waals surface area (Å²) in [6.07, 6.45) is 10.4. The maximum absolute atomic E-state index is 11.6. The molecule has 0 N–H and O–H groups in total. The van der Waals surface area contributed by atoms with Crippen molar-refractivity contribution in [3.05, 3.63) is 88.5 Å². The largest absolute Gasteiger partial charge is 0.496 e. The number of hydrogen-bond donors (Lipinski definition) is 0. The number of fused-ring (bicyclic) bond motifs is 1. The van der Waals surface area contributed by atoms with Crippen LogP contribution in [0.2, 0.25) is 0 Å². The molecular formula is C27H27NO3S. The first-order chi connectivity index (χ1) is 15.3. The van der Waals surface area contributed by atoms with Gasteiger partial charge in [-0.1, -0.05) is 54.6 Å². The lowest BCUT2D eigenvalue weighted by Crippen LogP contribution is -2.12. The van der Waals surface area contributed by atoms with Gasteiger partial charge in [0, 0.05) is 31.1 Å². The Labute approximate surface area is 190 Å². The van der Waals surface area contributed by atoms with E-state index in [1.807, 2.05) is 30.4 Å². The Hall–Kier alpha value is -3.31. The summed E-state index contributed by atoms with van der Waals surface area (Å²) in [5.41, 5.74) is 6.85. The van der Waals surface area contributed by atoms with Gasteiger partial charge in [0.15, 0.2) is 9.84 Å². The highest BCUT2D eigenvalue weighted by Gasteiger charge is 2.14. The lowest BCUT2D eigenvalue weighted by atomic mass is 10.0. The topological polar surface area (TPSA) is 46.6 Å². The summed E-state index contributed by atoms with van der Waals surface area (Å²) in [6.45, 7) is 1.08. The predicted octanol–water partition coefficient (Wildman–Crippen LogP) is 5.43. The van der Waals surface area contributed by atoms with Crippen LogP contribution in [0.5, 0.6) is 5.75 Å². The van der Waals surface area contributed by atoms with Gasteiger partial charge in [-0.3, -0.25) is 0 Å². The fraction of sp³-hybridized carbons (Fsp3) is 0.185. The van der Waals surface area contributed by atoms with Gasteiger partial charge in [0.2, 0.25) is 0 Å². The van der Waals surface area contributed by atoms with Crippen molar-refractivity contribution in [2.75, 3.05) is 31.9 Å². The van der Waals surface area contributed by atoms with Crippen molar-refractivity contribution in [2.24, 2.45) is 0 Å². The number of benzene rings is 3. The molecule has 0 amide bonds. The molecule has 1 aliphatic heterocycles. The van der Waals surface area contributed by atoms with E-state index in [1.165, 1.54) is 23.1 Å². The standard InChI is InChI=1S/C27H27NO3S/c1-28-17-16-24-18-21(10-15-26(24)28)6-11-23-12-7-22(19-27(23)31-2)5-4-20-8-13-25(14-9-20)32(3,29)30/h4-15,18-19H,16-17H2,1-3H3/b5-4+,11-6+. The molecule has 1 aliphatic rings. The summed E-state index contributed by atoms with van der Waals surface area (Å²) < 4.78 is 28.8. The third-order valence-corrected chi connectivity index (χ3v) is 6.85. The molecule has 0 saturated carbocycles. The van der Waals surface area contributed by atoms with Crippen molar-refractivity contribution in [1.82, 2.24) is 0 Å². The van der Waals surface area contributed by atoms with Gasteiger partial charge in [-0.25, -0.2) is 8.42 Å². The molecular weight excluding hydrogens is 418 g/mol. The van der Waals surface area contributed by atoms with E-state index in [1.54, 1.807) is 31.4 Å². The minimum atomic E-state index is -3.18. The van der Waals surface area contributed by atoms with Crippen LogP contribution >= 0.6 is 0 Å². The first-order valence-electron chi connectivity index (χ1n) is 10.5. The number of sulfone groups is 1. The number of ether oxygens (including phenoxy) is 1. The van der Waals surface area contributed by atoms with Crippen LogP contribution in [-0.2, 0) is 16.3 Å². The molecule has 4 nitrogen and oxygen atoms in total. The Morgan fingerprint density at radius 1 is 0.844 bits per heavy atom. The minimum Gasteiger partial charge on any atom is -0.496 e. The zero-order valence-corrected chi connectivity index (χ0v) is 19.4. The average molecular weight is 446 g/mol. The van der Waals surface area contributed by atoms with Crippen molar-refractivity contribution in [2.45, 2.75) is 11.3 Å². The molecule has 0 aromatic heterocycles. The van der Waals surface area contributed by atoms with Crippen molar-refractivity contribution < 1.29 is 13.2 Å². The molecule has 0 bridgehead atoms. The first-order valence-corrected chi connectivity index (χ1v) is 12.4. The molecule has 0 aliphatic carbocycles. The van der Waals surface area contributed by atoms with Crippen LogP contribution in [0.25, 0.3) is 24.3 Å². The Balaban J connectivity index is 1.50. The molecule has 3 aromatic rings. The lowest BCUT2D eigenvalue weighted by Gasteiger charge is -2.11. The van der Waals surface area contributed by atoms with Crippen LogP contribution in [0.15, 0.2) is 65.6 Å². The first kappa shape index (κ1) is 21.9. The Morgan fingerprint density at radius 2 is 1.47 bits per heavy atom. The minimum absolute atomic E-state index is 0.322. The molecule has 0 unspecified atom stereocenters. The summed E-state index contributed by atoms with van der Waals surface area (Å²) in [5, 5.41) is 0. The second kappa shape index (κ2) is 9.05. The normalized spacial score (nSPS) is 13.8. The molecule has 3 aromatic carbocycles. The fourth-order valence-electron chi connectivity index (χ4n) is 3.86. The highest BCUT2D eigenvalue weighted by molar-refractivity contribution is 7.90. The molecule has 32 heavy (non-hydrogen) atoms. The van der Waals surface area contributed by atoms with Crippen LogP contribution < -0.4 is 9.64 Å². The predicted molar refractivity (Wildman–Crippen MR) is 134 cm³/mol. The molecule has 4 rings (SSSR count). The monoisotopic (exact) mass is 445 g/mol. The molecule has 164 valence electrons. The van der Waals surface area contributed by atoms with E-state index in [9.17, 15) is 8.42 Å². The van der Waals surface area contributed by atoms with Crippen LogP contribution in [-0.4, -0.2) is 35.4 Å². The molecule has 0 fully saturated rings. The van der Waals surface area contributed by atoms with Gasteiger partial charge in [0.1, 0.15) is 5.75 Å². The van der Waals surface area contributed by atoms with E-state index in [-0.39, 0.29) is 0 Å². The van der Waals surface area contributed by atoms with Crippen LogP contribution in [0.1, 0.15) is 27.8 Å². The molecule has 1 heterocycles. The average Bonchev–Trinajstić information content (AvgIpc) is 3.16. The highest BCUT2D eigenvalue weighted by Crippen LogP contribution is 2.29. The SMILES string of the molecule is COc1cc(/C=C/c2ccc(S(C)(=O)=O)cc2)ccc1/C=C/c1ccc2c(c1)CCN2C. The summed E-state index contributed by atoms with van der Waals surface area (Å²) in [6, 6.07) is 19.5. The summed E-state index contributed by atoms with van der Waals surface area (Å²) in [5.74, 6) is 0.803. The van der Waals surface area contributed by atoms with Gasteiger partial charge in [-0.2, -0.15) is 0 Å². The fourth-order valence-corrected chi connectivity index (χ4v) is 4.49. The number of anilines is 1. The number of hydrogen-bond acceptors (Lipinski definition) is 4. The highest BCUT2D eigenvalue weighted by atomic mass is 32.2. The molecule has 0 radical (unpaired) electrons. The van der Waals surface area contributed by atoms with E-state index in [0.717, 1.165) is 35.4 Å². The number of rotatable bonds is 6. The number of nitrogens with zero attached hydrogens (tertiary/aromatic N) is 1. The number of likely N-dealkylation sites (N-methyl/N-ethyl adjacent to an activating group) is 1. The van der Waals surface area contributed by atoms with E-state index >= 15 is 0 Å². The Bertz CT molecular complexity index is 1290. The van der Waals surface area contributed by atoms with Crippen molar-refractivity contribution in [3.63, 3.8) is 0 Å². The third kappa shape index (κ3) is 4.94. The van der Waals surface area contributed by atoms with Gasteiger partial charge in [-0.15, -0.1) is 0 Å². The van der Waals surface area contributed by atoms with Crippen molar-refractivity contribution in [3.8, 4) is 5.75 Å². The second-order valence-electron chi connectivity index (χ2n) is 8.07. The van der Waals surface area contributed by atoms with Gasteiger partial charge in [-0.05, 0) is 59.0 Å². The van der Waals surface area contributed by atoms with Gasteiger partial charge in [0.05, 0.1) is 12.0 Å². The molecule has 0 atom stereocenters. The van der Waals surface area contributed by atoms with Crippen LogP contribution in [0, 0.1) is 0 Å². The van der Waals surface area contributed by atoms with Crippen LogP contribution in [0.3, 0.4) is 0 Å². The van der Waals surface area contributed by atoms with E-state index in [2.05, 4.69) is 42.3 Å². The Morgan fingerprint density at radius 3 is 2.19 bits per heavy atom. The number of methoxy groups -OCH3 is 1. The quantitative estimate of drug-likeness (QED) is 0.475. The van der Waals surface area contributed by atoms with E-state index in [4.69, 9.17) is 4.74 Å². The summed E-state index contributed by atoms with van der Waals surface area (Å²) >= 11 is 0. The third-order valence-electron chi connectivity index (χ3n) is 5.72. The Kier molecular flexibility index (Phi) is 6.19.